The number of hydrogen-bond acceptors (Lipinski definition) is 1. The molecule has 1 aromatic carbocycles. The molecule has 1 saturated carbocycles. The zero-order valence-corrected chi connectivity index (χ0v) is 9.83. The summed E-state index contributed by atoms with van der Waals surface area (Å²) in [4.78, 5) is 0. The molecule has 0 aliphatic heterocycles. The van der Waals surface area contributed by atoms with Gasteiger partial charge in [0.25, 0.3) is 0 Å². The van der Waals surface area contributed by atoms with Gasteiger partial charge in [0, 0.05) is 4.47 Å². The second kappa shape index (κ2) is 4.45. The Kier molecular flexibility index (Phi) is 3.24. The van der Waals surface area contributed by atoms with Crippen LogP contribution in [0.25, 0.3) is 0 Å². The molecule has 1 nitrogen and oxygen atoms in total. The predicted octanol–water partition coefficient (Wildman–Crippen LogP) is 3.29. The molecule has 0 amide bonds. The zero-order chi connectivity index (χ0) is 9.97. The number of rotatable bonds is 2. The highest BCUT2D eigenvalue weighted by atomic mass is 79.9. The Morgan fingerprint density at radius 2 is 2.07 bits per heavy atom. The molecule has 14 heavy (non-hydrogen) atoms. The van der Waals surface area contributed by atoms with Crippen LogP contribution in [-0.4, -0.2) is 6.54 Å². The minimum Gasteiger partial charge on any atom is -0.330 e. The van der Waals surface area contributed by atoms with Crippen LogP contribution in [0.2, 0.25) is 0 Å². The molecule has 2 heteroatoms. The quantitative estimate of drug-likeness (QED) is 0.861. The summed E-state index contributed by atoms with van der Waals surface area (Å²) in [6.07, 6.45) is 3.85. The third-order valence-corrected chi connectivity index (χ3v) is 3.94. The average molecular weight is 254 g/mol. The largest absolute Gasteiger partial charge is 0.330 e. The first-order chi connectivity index (χ1) is 6.81. The van der Waals surface area contributed by atoms with Crippen LogP contribution in [0.1, 0.15) is 30.7 Å². The third kappa shape index (κ3) is 2.01. The summed E-state index contributed by atoms with van der Waals surface area (Å²) in [6.45, 7) is 0.848. The van der Waals surface area contributed by atoms with E-state index in [0.29, 0.717) is 0 Å². The van der Waals surface area contributed by atoms with Gasteiger partial charge >= 0.3 is 0 Å². The van der Waals surface area contributed by atoms with Gasteiger partial charge in [0.2, 0.25) is 0 Å². The van der Waals surface area contributed by atoms with Crippen molar-refractivity contribution in [1.82, 2.24) is 0 Å². The van der Waals surface area contributed by atoms with Gasteiger partial charge in [0.1, 0.15) is 0 Å². The minimum absolute atomic E-state index is 0.721. The molecule has 2 unspecified atom stereocenters. The summed E-state index contributed by atoms with van der Waals surface area (Å²) >= 11 is 3.62. The van der Waals surface area contributed by atoms with Crippen LogP contribution in [-0.2, 0) is 0 Å². The fraction of sp³-hybridized carbons (Fsp3) is 0.500. The van der Waals surface area contributed by atoms with Gasteiger partial charge in [-0.3, -0.25) is 0 Å². The summed E-state index contributed by atoms with van der Waals surface area (Å²) in [7, 11) is 0. The Morgan fingerprint density at radius 1 is 1.29 bits per heavy atom. The van der Waals surface area contributed by atoms with E-state index in [9.17, 15) is 0 Å². The summed E-state index contributed by atoms with van der Waals surface area (Å²) in [5.41, 5.74) is 7.16. The zero-order valence-electron chi connectivity index (χ0n) is 8.25. The maximum absolute atomic E-state index is 5.70. The first kappa shape index (κ1) is 10.2. The molecule has 0 aromatic heterocycles. The Morgan fingerprint density at radius 3 is 2.71 bits per heavy atom. The van der Waals surface area contributed by atoms with E-state index in [1.807, 2.05) is 0 Å². The highest BCUT2D eigenvalue weighted by Crippen LogP contribution is 2.40. The fourth-order valence-electron chi connectivity index (χ4n) is 2.38. The van der Waals surface area contributed by atoms with Crippen LogP contribution in [0.4, 0.5) is 0 Å². The van der Waals surface area contributed by atoms with Gasteiger partial charge in [0.05, 0.1) is 0 Å². The monoisotopic (exact) mass is 253 g/mol. The van der Waals surface area contributed by atoms with Crippen molar-refractivity contribution in [3.63, 3.8) is 0 Å². The van der Waals surface area contributed by atoms with Gasteiger partial charge < -0.3 is 5.73 Å². The van der Waals surface area contributed by atoms with Crippen LogP contribution in [0, 0.1) is 5.92 Å². The molecule has 0 spiro atoms. The Balaban J connectivity index is 2.13. The smallest absolute Gasteiger partial charge is 0.0210 e. The van der Waals surface area contributed by atoms with E-state index in [2.05, 4.69) is 40.2 Å². The summed E-state index contributed by atoms with van der Waals surface area (Å²) in [6, 6.07) is 8.55. The van der Waals surface area contributed by atoms with E-state index in [0.717, 1.165) is 18.4 Å². The number of halogens is 1. The molecule has 2 N–H and O–H groups in total. The minimum atomic E-state index is 0.721. The van der Waals surface area contributed by atoms with Gasteiger partial charge in [-0.15, -0.1) is 0 Å². The highest BCUT2D eigenvalue weighted by molar-refractivity contribution is 9.10. The first-order valence-corrected chi connectivity index (χ1v) is 6.05. The van der Waals surface area contributed by atoms with E-state index in [4.69, 9.17) is 5.73 Å². The average Bonchev–Trinajstić information content (AvgIpc) is 2.67. The van der Waals surface area contributed by atoms with Crippen LogP contribution >= 0.6 is 15.9 Å². The topological polar surface area (TPSA) is 26.0 Å². The molecular weight excluding hydrogens is 238 g/mol. The molecule has 1 aliphatic rings. The van der Waals surface area contributed by atoms with Crippen molar-refractivity contribution in [2.24, 2.45) is 11.7 Å². The van der Waals surface area contributed by atoms with E-state index in [1.54, 1.807) is 0 Å². The third-order valence-electron chi connectivity index (χ3n) is 3.22. The first-order valence-electron chi connectivity index (χ1n) is 5.25. The van der Waals surface area contributed by atoms with Crippen molar-refractivity contribution >= 4 is 15.9 Å². The maximum Gasteiger partial charge on any atom is 0.0210 e. The lowest BCUT2D eigenvalue weighted by atomic mass is 9.96. The Bertz CT molecular complexity index is 311. The van der Waals surface area contributed by atoms with Gasteiger partial charge in [-0.25, -0.2) is 0 Å². The molecule has 1 aliphatic carbocycles. The molecule has 0 saturated heterocycles. The molecular formula is C12H16BrN. The molecule has 1 aromatic rings. The lowest BCUT2D eigenvalue weighted by Gasteiger charge is -2.12. The lowest BCUT2D eigenvalue weighted by molar-refractivity contribution is 0.551. The lowest BCUT2D eigenvalue weighted by Crippen LogP contribution is -2.10. The van der Waals surface area contributed by atoms with Crippen LogP contribution in [0.3, 0.4) is 0 Å². The van der Waals surface area contributed by atoms with Gasteiger partial charge in [-0.1, -0.05) is 34.1 Å². The second-order valence-corrected chi connectivity index (χ2v) is 4.99. The molecule has 0 bridgehead atoms. The van der Waals surface area contributed by atoms with Gasteiger partial charge in [-0.2, -0.15) is 0 Å². The van der Waals surface area contributed by atoms with Crippen LogP contribution in [0.5, 0.6) is 0 Å². The Labute approximate surface area is 93.8 Å². The van der Waals surface area contributed by atoms with E-state index in [1.165, 1.54) is 29.3 Å². The van der Waals surface area contributed by atoms with Crippen molar-refractivity contribution in [3.05, 3.63) is 34.3 Å². The molecule has 0 radical (unpaired) electrons. The summed E-state index contributed by atoms with van der Waals surface area (Å²) in [5, 5.41) is 0. The molecule has 2 rings (SSSR count). The standard InChI is InChI=1S/C12H16BrN/c13-12-4-2-1-3-11(12)10-6-5-9(7-10)8-14/h1-4,9-10H,5-8,14H2. The van der Waals surface area contributed by atoms with Crippen LogP contribution in [0.15, 0.2) is 28.7 Å². The van der Waals surface area contributed by atoms with Crippen molar-refractivity contribution in [2.45, 2.75) is 25.2 Å². The fourth-order valence-corrected chi connectivity index (χ4v) is 2.99. The number of hydrogen-bond donors (Lipinski definition) is 1. The molecule has 1 fully saturated rings. The van der Waals surface area contributed by atoms with E-state index in [-0.39, 0.29) is 0 Å². The molecule has 76 valence electrons. The SMILES string of the molecule is NCC1CCC(c2ccccc2Br)C1. The van der Waals surface area contributed by atoms with Gasteiger partial charge in [0.15, 0.2) is 0 Å². The van der Waals surface area contributed by atoms with Crippen molar-refractivity contribution in [3.8, 4) is 0 Å². The molecule has 0 heterocycles. The maximum atomic E-state index is 5.70. The normalized spacial score (nSPS) is 26.7. The second-order valence-electron chi connectivity index (χ2n) is 4.13. The van der Waals surface area contributed by atoms with Crippen LogP contribution < -0.4 is 5.73 Å². The number of benzene rings is 1. The van der Waals surface area contributed by atoms with Crippen molar-refractivity contribution < 1.29 is 0 Å². The van der Waals surface area contributed by atoms with E-state index >= 15 is 0 Å². The summed E-state index contributed by atoms with van der Waals surface area (Å²) < 4.78 is 1.25. The number of nitrogens with two attached hydrogens (primary N) is 1. The summed E-state index contributed by atoms with van der Waals surface area (Å²) in [5.74, 6) is 1.46. The van der Waals surface area contributed by atoms with Gasteiger partial charge in [-0.05, 0) is 49.3 Å². The van der Waals surface area contributed by atoms with Crippen molar-refractivity contribution in [2.75, 3.05) is 6.54 Å². The molecule has 2 atom stereocenters. The van der Waals surface area contributed by atoms with E-state index < -0.39 is 0 Å². The Hall–Kier alpha value is -0.340. The van der Waals surface area contributed by atoms with Crippen molar-refractivity contribution in [1.29, 1.82) is 0 Å². The predicted molar refractivity (Wildman–Crippen MR) is 63.3 cm³/mol. The highest BCUT2D eigenvalue weighted by Gasteiger charge is 2.25.